The fourth-order valence-electron chi connectivity index (χ4n) is 2.18. The molecule has 0 aromatic heterocycles. The van der Waals surface area contributed by atoms with E-state index in [0.717, 1.165) is 6.08 Å². The first-order chi connectivity index (χ1) is 9.09. The van der Waals surface area contributed by atoms with Gasteiger partial charge in [-0.15, -0.1) is 0 Å². The van der Waals surface area contributed by atoms with Gasteiger partial charge in [0.2, 0.25) is 0 Å². The van der Waals surface area contributed by atoms with Crippen LogP contribution >= 0.6 is 0 Å². The van der Waals surface area contributed by atoms with Gasteiger partial charge in [-0.25, -0.2) is 9.18 Å². The van der Waals surface area contributed by atoms with E-state index in [4.69, 9.17) is 9.84 Å². The predicted octanol–water partition coefficient (Wildman–Crippen LogP) is 2.15. The van der Waals surface area contributed by atoms with Crippen LogP contribution in [0.2, 0.25) is 0 Å². The zero-order valence-electron chi connectivity index (χ0n) is 10.7. The molecule has 0 amide bonds. The molecule has 0 aliphatic carbocycles. The molecule has 19 heavy (non-hydrogen) atoms. The van der Waals surface area contributed by atoms with Gasteiger partial charge in [0.25, 0.3) is 0 Å². The van der Waals surface area contributed by atoms with Gasteiger partial charge in [-0.2, -0.15) is 0 Å². The summed E-state index contributed by atoms with van der Waals surface area (Å²) in [4.78, 5) is 12.6. The molecule has 0 radical (unpaired) electrons. The van der Waals surface area contributed by atoms with Crippen molar-refractivity contribution in [1.82, 2.24) is 0 Å². The lowest BCUT2D eigenvalue weighted by atomic mass is 10.1. The molecule has 102 valence electrons. The Morgan fingerprint density at radius 2 is 2.37 bits per heavy atom. The average molecular weight is 265 g/mol. The minimum absolute atomic E-state index is 0.132. The highest BCUT2D eigenvalue weighted by molar-refractivity contribution is 5.87. The summed E-state index contributed by atoms with van der Waals surface area (Å²) in [7, 11) is 0. The van der Waals surface area contributed by atoms with Gasteiger partial charge >= 0.3 is 5.97 Å². The first-order valence-electron chi connectivity index (χ1n) is 6.13. The Bertz CT molecular complexity index is 501. The van der Waals surface area contributed by atoms with Crippen molar-refractivity contribution in [2.45, 2.75) is 13.0 Å². The largest absolute Gasteiger partial charge is 0.478 e. The molecule has 1 atom stereocenters. The fraction of sp³-hybridized carbons (Fsp3) is 0.357. The van der Waals surface area contributed by atoms with Crippen LogP contribution in [0.25, 0.3) is 6.08 Å². The van der Waals surface area contributed by atoms with E-state index in [1.165, 1.54) is 12.1 Å². The Morgan fingerprint density at radius 3 is 3.05 bits per heavy atom. The summed E-state index contributed by atoms with van der Waals surface area (Å²) in [5.74, 6) is -1.52. The number of nitrogens with zero attached hydrogens (tertiary/aromatic N) is 1. The first-order valence-corrected chi connectivity index (χ1v) is 6.13. The highest BCUT2D eigenvalue weighted by Crippen LogP contribution is 2.27. The number of carbonyl (C=O) groups is 1. The maximum atomic E-state index is 13.9. The van der Waals surface area contributed by atoms with Crippen molar-refractivity contribution in [1.29, 1.82) is 0 Å². The van der Waals surface area contributed by atoms with Gasteiger partial charge < -0.3 is 14.7 Å². The number of halogens is 1. The quantitative estimate of drug-likeness (QED) is 0.851. The number of anilines is 1. The molecular weight excluding hydrogens is 249 g/mol. The molecule has 1 N–H and O–H groups in total. The lowest BCUT2D eigenvalue weighted by molar-refractivity contribution is -0.131. The van der Waals surface area contributed by atoms with Gasteiger partial charge in [0, 0.05) is 29.9 Å². The number of hydrogen-bond donors (Lipinski definition) is 1. The third-order valence-corrected chi connectivity index (χ3v) is 3.10. The molecule has 0 saturated carbocycles. The highest BCUT2D eigenvalue weighted by Gasteiger charge is 2.21. The van der Waals surface area contributed by atoms with E-state index >= 15 is 0 Å². The van der Waals surface area contributed by atoms with Gasteiger partial charge in [-0.1, -0.05) is 6.07 Å². The monoisotopic (exact) mass is 265 g/mol. The number of hydrogen-bond acceptors (Lipinski definition) is 3. The van der Waals surface area contributed by atoms with Gasteiger partial charge in [-0.05, 0) is 25.1 Å². The normalized spacial score (nSPS) is 19.9. The number of aliphatic carboxylic acids is 1. The third-order valence-electron chi connectivity index (χ3n) is 3.10. The number of rotatable bonds is 3. The van der Waals surface area contributed by atoms with Crippen LogP contribution in [0.4, 0.5) is 10.1 Å². The zero-order valence-corrected chi connectivity index (χ0v) is 10.7. The second kappa shape index (κ2) is 5.84. The minimum atomic E-state index is -1.09. The summed E-state index contributed by atoms with van der Waals surface area (Å²) < 4.78 is 19.2. The first kappa shape index (κ1) is 13.5. The summed E-state index contributed by atoms with van der Waals surface area (Å²) >= 11 is 0. The van der Waals surface area contributed by atoms with Crippen LogP contribution in [-0.4, -0.2) is 36.9 Å². The Balaban J connectivity index is 2.38. The van der Waals surface area contributed by atoms with Crippen LogP contribution in [-0.2, 0) is 9.53 Å². The molecule has 0 spiro atoms. The van der Waals surface area contributed by atoms with Gasteiger partial charge in [0.1, 0.15) is 5.82 Å². The summed E-state index contributed by atoms with van der Waals surface area (Å²) in [6.45, 7) is 3.83. The molecule has 1 saturated heterocycles. The van der Waals surface area contributed by atoms with E-state index in [2.05, 4.69) is 0 Å². The van der Waals surface area contributed by atoms with E-state index in [0.29, 0.717) is 31.0 Å². The molecule has 1 aromatic carbocycles. The molecule has 1 heterocycles. The van der Waals surface area contributed by atoms with Crippen LogP contribution in [0.1, 0.15) is 12.5 Å². The highest BCUT2D eigenvalue weighted by atomic mass is 19.1. The summed E-state index contributed by atoms with van der Waals surface area (Å²) in [6, 6.07) is 4.89. The van der Waals surface area contributed by atoms with Crippen LogP contribution in [0.3, 0.4) is 0 Å². The van der Waals surface area contributed by atoms with Crippen molar-refractivity contribution < 1.29 is 19.0 Å². The lowest BCUT2D eigenvalue weighted by Crippen LogP contribution is -2.44. The SMILES string of the molecule is CC1COCCN1c1cccc(F)c1/C=C/C(=O)O. The Labute approximate surface area is 111 Å². The number of carboxylic acid groups (broad SMARTS) is 1. The Morgan fingerprint density at radius 1 is 1.58 bits per heavy atom. The predicted molar refractivity (Wildman–Crippen MR) is 70.7 cm³/mol. The maximum Gasteiger partial charge on any atom is 0.328 e. The average Bonchev–Trinajstić information content (AvgIpc) is 2.37. The second-order valence-electron chi connectivity index (χ2n) is 4.46. The molecule has 2 rings (SSSR count). The molecule has 1 fully saturated rings. The molecule has 5 heteroatoms. The topological polar surface area (TPSA) is 49.8 Å². The van der Waals surface area contributed by atoms with E-state index in [9.17, 15) is 9.18 Å². The van der Waals surface area contributed by atoms with E-state index in [1.807, 2.05) is 11.8 Å². The van der Waals surface area contributed by atoms with Gasteiger partial charge in [0.05, 0.1) is 13.2 Å². The van der Waals surface area contributed by atoms with Crippen LogP contribution in [0.5, 0.6) is 0 Å². The maximum absolute atomic E-state index is 13.9. The molecule has 4 nitrogen and oxygen atoms in total. The molecule has 1 unspecified atom stereocenters. The van der Waals surface area contributed by atoms with Crippen molar-refractivity contribution in [3.8, 4) is 0 Å². The van der Waals surface area contributed by atoms with Crippen LogP contribution < -0.4 is 4.90 Å². The lowest BCUT2D eigenvalue weighted by Gasteiger charge is -2.36. The Kier molecular flexibility index (Phi) is 4.16. The summed E-state index contributed by atoms with van der Waals surface area (Å²) in [6.07, 6.45) is 2.25. The summed E-state index contributed by atoms with van der Waals surface area (Å²) in [5, 5.41) is 8.68. The molecule has 1 aliphatic rings. The number of carboxylic acids is 1. The molecule has 1 aromatic rings. The third kappa shape index (κ3) is 3.12. The Hall–Kier alpha value is -1.88. The van der Waals surface area contributed by atoms with Gasteiger partial charge in [-0.3, -0.25) is 0 Å². The van der Waals surface area contributed by atoms with Gasteiger partial charge in [0.15, 0.2) is 0 Å². The standard InChI is InChI=1S/C14H16FNO3/c1-10-9-19-8-7-16(10)13-4-2-3-12(15)11(13)5-6-14(17)18/h2-6,10H,7-9H2,1H3,(H,17,18)/b6-5+. The van der Waals surface area contributed by atoms with Crippen LogP contribution in [0.15, 0.2) is 24.3 Å². The fourth-order valence-corrected chi connectivity index (χ4v) is 2.18. The van der Waals surface area contributed by atoms with E-state index in [-0.39, 0.29) is 6.04 Å². The van der Waals surface area contributed by atoms with Crippen molar-refractivity contribution >= 4 is 17.7 Å². The summed E-state index contributed by atoms with van der Waals surface area (Å²) in [5.41, 5.74) is 1.01. The minimum Gasteiger partial charge on any atom is -0.478 e. The van der Waals surface area contributed by atoms with Crippen molar-refractivity contribution in [2.75, 3.05) is 24.7 Å². The smallest absolute Gasteiger partial charge is 0.328 e. The van der Waals surface area contributed by atoms with Crippen molar-refractivity contribution in [3.05, 3.63) is 35.7 Å². The van der Waals surface area contributed by atoms with Crippen molar-refractivity contribution in [2.24, 2.45) is 0 Å². The van der Waals surface area contributed by atoms with Crippen LogP contribution in [0, 0.1) is 5.82 Å². The molecular formula is C14H16FNO3. The molecule has 1 aliphatic heterocycles. The zero-order chi connectivity index (χ0) is 13.8. The van der Waals surface area contributed by atoms with E-state index in [1.54, 1.807) is 12.1 Å². The number of benzene rings is 1. The second-order valence-corrected chi connectivity index (χ2v) is 4.46. The number of morpholine rings is 1. The van der Waals surface area contributed by atoms with Crippen molar-refractivity contribution in [3.63, 3.8) is 0 Å². The molecule has 0 bridgehead atoms. The number of ether oxygens (including phenoxy) is 1. The van der Waals surface area contributed by atoms with E-state index < -0.39 is 11.8 Å².